The predicted octanol–water partition coefficient (Wildman–Crippen LogP) is 4.47. The number of hydrogen-bond donors (Lipinski definition) is 1. The number of nitrogens with one attached hydrogen (secondary N) is 1. The van der Waals surface area contributed by atoms with Gasteiger partial charge in [0.05, 0.1) is 29.5 Å². The molecule has 2 aromatic heterocycles. The lowest BCUT2D eigenvalue weighted by atomic mass is 10.1. The van der Waals surface area contributed by atoms with Gasteiger partial charge < -0.3 is 15.0 Å². The van der Waals surface area contributed by atoms with Crippen LogP contribution in [-0.4, -0.2) is 42.2 Å². The summed E-state index contributed by atoms with van der Waals surface area (Å²) in [4.78, 5) is 25.9. The molecule has 1 aliphatic heterocycles. The van der Waals surface area contributed by atoms with Gasteiger partial charge in [-0.2, -0.15) is 0 Å². The third-order valence-electron chi connectivity index (χ3n) is 4.85. The molecule has 0 spiro atoms. The third-order valence-corrected chi connectivity index (χ3v) is 6.53. The molecule has 4 rings (SSSR count). The number of anilines is 2. The van der Waals surface area contributed by atoms with Gasteiger partial charge in [-0.05, 0) is 44.5 Å². The van der Waals surface area contributed by atoms with Crippen molar-refractivity contribution in [3.05, 3.63) is 44.6 Å². The first kappa shape index (κ1) is 19.3. The number of benzene rings is 1. The van der Waals surface area contributed by atoms with Crippen LogP contribution in [0.2, 0.25) is 0 Å². The highest BCUT2D eigenvalue weighted by molar-refractivity contribution is 9.10. The number of ether oxygens (including phenoxy) is 1. The van der Waals surface area contributed by atoms with Crippen LogP contribution in [-0.2, 0) is 4.74 Å². The van der Waals surface area contributed by atoms with Gasteiger partial charge in [0.2, 0.25) is 0 Å². The standard InChI is InChI=1S/C20H21BrN4O2S/c1-11-17-12(2)22-13(3)23-20(17)28-18(11)19(26)24-15-10-14(21)4-5-16(15)25-6-8-27-9-7-25/h4-5,10H,6-9H2,1-3H3,(H,24,26). The minimum absolute atomic E-state index is 0.120. The Labute approximate surface area is 176 Å². The molecule has 1 N–H and O–H groups in total. The summed E-state index contributed by atoms with van der Waals surface area (Å²) in [5.74, 6) is 0.602. The van der Waals surface area contributed by atoms with Gasteiger partial charge in [-0.15, -0.1) is 11.3 Å². The van der Waals surface area contributed by atoms with Gasteiger partial charge in [0, 0.05) is 28.6 Å². The van der Waals surface area contributed by atoms with E-state index in [1.165, 1.54) is 11.3 Å². The number of rotatable bonds is 3. The summed E-state index contributed by atoms with van der Waals surface area (Å²) in [7, 11) is 0. The van der Waals surface area contributed by atoms with E-state index >= 15 is 0 Å². The zero-order valence-electron chi connectivity index (χ0n) is 16.0. The summed E-state index contributed by atoms with van der Waals surface area (Å²) in [6, 6.07) is 5.97. The molecule has 0 atom stereocenters. The Bertz CT molecular complexity index is 1060. The van der Waals surface area contributed by atoms with Crippen LogP contribution in [0.1, 0.15) is 26.8 Å². The molecule has 1 aromatic carbocycles. The van der Waals surface area contributed by atoms with Gasteiger partial charge in [0.25, 0.3) is 5.91 Å². The molecule has 0 radical (unpaired) electrons. The fourth-order valence-electron chi connectivity index (χ4n) is 3.56. The van der Waals surface area contributed by atoms with E-state index in [1.807, 2.05) is 39.0 Å². The minimum atomic E-state index is -0.120. The predicted molar refractivity (Wildman–Crippen MR) is 117 cm³/mol. The average molecular weight is 461 g/mol. The van der Waals surface area contributed by atoms with Crippen LogP contribution in [0.5, 0.6) is 0 Å². The summed E-state index contributed by atoms with van der Waals surface area (Å²) in [6.07, 6.45) is 0. The molecule has 1 fully saturated rings. The SMILES string of the molecule is Cc1nc(C)c2c(C)c(C(=O)Nc3cc(Br)ccc3N3CCOCC3)sc2n1. The Morgan fingerprint density at radius 3 is 2.71 bits per heavy atom. The van der Waals surface area contributed by atoms with E-state index in [0.717, 1.165) is 56.2 Å². The molecule has 0 aliphatic carbocycles. The van der Waals surface area contributed by atoms with Gasteiger partial charge in [-0.1, -0.05) is 15.9 Å². The maximum absolute atomic E-state index is 13.1. The summed E-state index contributed by atoms with van der Waals surface area (Å²) in [6.45, 7) is 8.79. The van der Waals surface area contributed by atoms with E-state index in [2.05, 4.69) is 36.1 Å². The molecule has 3 aromatic rings. The lowest BCUT2D eigenvalue weighted by molar-refractivity contribution is 0.103. The topological polar surface area (TPSA) is 67.4 Å². The van der Waals surface area contributed by atoms with Crippen molar-refractivity contribution in [2.45, 2.75) is 20.8 Å². The van der Waals surface area contributed by atoms with Crippen LogP contribution >= 0.6 is 27.3 Å². The highest BCUT2D eigenvalue weighted by Gasteiger charge is 2.21. The number of amides is 1. The van der Waals surface area contributed by atoms with Crippen molar-refractivity contribution < 1.29 is 9.53 Å². The number of halogens is 1. The molecule has 146 valence electrons. The zero-order valence-corrected chi connectivity index (χ0v) is 18.4. The fourth-order valence-corrected chi connectivity index (χ4v) is 5.09. The van der Waals surface area contributed by atoms with E-state index in [4.69, 9.17) is 4.74 Å². The highest BCUT2D eigenvalue weighted by Crippen LogP contribution is 2.34. The van der Waals surface area contributed by atoms with Crippen LogP contribution in [0.4, 0.5) is 11.4 Å². The van der Waals surface area contributed by atoms with E-state index in [1.54, 1.807) is 0 Å². The maximum atomic E-state index is 13.1. The van der Waals surface area contributed by atoms with Gasteiger partial charge in [0.1, 0.15) is 10.7 Å². The third kappa shape index (κ3) is 3.64. The molecule has 0 bridgehead atoms. The first-order valence-corrected chi connectivity index (χ1v) is 10.7. The quantitative estimate of drug-likeness (QED) is 0.624. The highest BCUT2D eigenvalue weighted by atomic mass is 79.9. The lowest BCUT2D eigenvalue weighted by Gasteiger charge is -2.30. The number of hydrogen-bond acceptors (Lipinski definition) is 6. The first-order valence-electron chi connectivity index (χ1n) is 9.12. The molecule has 3 heterocycles. The molecular formula is C20H21BrN4O2S. The summed E-state index contributed by atoms with van der Waals surface area (Å²) >= 11 is 4.93. The van der Waals surface area contributed by atoms with E-state index in [-0.39, 0.29) is 5.91 Å². The molecule has 6 nitrogen and oxygen atoms in total. The fraction of sp³-hybridized carbons (Fsp3) is 0.350. The molecular weight excluding hydrogens is 440 g/mol. The molecule has 1 aliphatic rings. The Hall–Kier alpha value is -2.03. The molecule has 0 unspecified atom stereocenters. The maximum Gasteiger partial charge on any atom is 0.266 e. The number of carbonyl (C=O) groups is 1. The zero-order chi connectivity index (χ0) is 19.8. The van der Waals surface area contributed by atoms with Crippen molar-refractivity contribution in [3.8, 4) is 0 Å². The van der Waals surface area contributed by atoms with Crippen molar-refractivity contribution in [2.24, 2.45) is 0 Å². The Balaban J connectivity index is 1.69. The number of nitrogens with zero attached hydrogens (tertiary/aromatic N) is 3. The van der Waals surface area contributed by atoms with Gasteiger partial charge in [0.15, 0.2) is 0 Å². The molecule has 1 amide bonds. The number of thiophene rings is 1. The molecule has 1 saturated heterocycles. The molecule has 8 heteroatoms. The van der Waals surface area contributed by atoms with Crippen LogP contribution in [0.3, 0.4) is 0 Å². The average Bonchev–Trinajstić information content (AvgIpc) is 2.99. The Kier molecular flexibility index (Phi) is 5.35. The van der Waals surface area contributed by atoms with Crippen molar-refractivity contribution in [2.75, 3.05) is 36.5 Å². The number of carbonyl (C=O) groups excluding carboxylic acids is 1. The van der Waals surface area contributed by atoms with Crippen LogP contribution in [0.25, 0.3) is 10.2 Å². The Morgan fingerprint density at radius 1 is 1.21 bits per heavy atom. The summed E-state index contributed by atoms with van der Waals surface area (Å²) in [5, 5.41) is 4.09. The van der Waals surface area contributed by atoms with Crippen LogP contribution in [0, 0.1) is 20.8 Å². The van der Waals surface area contributed by atoms with Gasteiger partial charge in [-0.25, -0.2) is 9.97 Å². The lowest BCUT2D eigenvalue weighted by Crippen LogP contribution is -2.36. The number of aryl methyl sites for hydroxylation is 3. The van der Waals surface area contributed by atoms with Crippen molar-refractivity contribution in [3.63, 3.8) is 0 Å². The Morgan fingerprint density at radius 2 is 1.96 bits per heavy atom. The summed E-state index contributed by atoms with van der Waals surface area (Å²) < 4.78 is 6.38. The second kappa shape index (κ2) is 7.77. The largest absolute Gasteiger partial charge is 0.378 e. The van der Waals surface area contributed by atoms with Crippen molar-refractivity contribution in [1.82, 2.24) is 9.97 Å². The second-order valence-corrected chi connectivity index (χ2v) is 8.72. The smallest absolute Gasteiger partial charge is 0.266 e. The van der Waals surface area contributed by atoms with E-state index < -0.39 is 0 Å². The second-order valence-electron chi connectivity index (χ2n) is 6.81. The number of morpholine rings is 1. The monoisotopic (exact) mass is 460 g/mol. The van der Waals surface area contributed by atoms with Crippen molar-refractivity contribution in [1.29, 1.82) is 0 Å². The van der Waals surface area contributed by atoms with Gasteiger partial charge >= 0.3 is 0 Å². The van der Waals surface area contributed by atoms with Crippen molar-refractivity contribution >= 4 is 54.8 Å². The molecule has 28 heavy (non-hydrogen) atoms. The normalized spacial score (nSPS) is 14.5. The number of aromatic nitrogens is 2. The summed E-state index contributed by atoms with van der Waals surface area (Å²) in [5.41, 5.74) is 3.63. The van der Waals surface area contributed by atoms with E-state index in [0.29, 0.717) is 18.1 Å². The van der Waals surface area contributed by atoms with Crippen LogP contribution < -0.4 is 10.2 Å². The molecule has 0 saturated carbocycles. The van der Waals surface area contributed by atoms with E-state index in [9.17, 15) is 4.79 Å². The van der Waals surface area contributed by atoms with Crippen LogP contribution in [0.15, 0.2) is 22.7 Å². The minimum Gasteiger partial charge on any atom is -0.378 e. The number of fused-ring (bicyclic) bond motifs is 1. The van der Waals surface area contributed by atoms with Gasteiger partial charge in [-0.3, -0.25) is 4.79 Å². The first-order chi connectivity index (χ1) is 13.4.